The van der Waals surface area contributed by atoms with E-state index in [-0.39, 0.29) is 17.9 Å². The van der Waals surface area contributed by atoms with Gasteiger partial charge in [-0.15, -0.1) is 11.3 Å². The van der Waals surface area contributed by atoms with Crippen molar-refractivity contribution in [3.8, 4) is 33.4 Å². The van der Waals surface area contributed by atoms with Gasteiger partial charge in [0.2, 0.25) is 0 Å². The number of carbonyl (C=O) groups is 1. The zero-order valence-corrected chi connectivity index (χ0v) is 25.2. The summed E-state index contributed by atoms with van der Waals surface area (Å²) < 4.78 is 19.0. The van der Waals surface area contributed by atoms with Crippen LogP contribution in [-0.2, 0) is 4.74 Å². The minimum absolute atomic E-state index is 0.206. The van der Waals surface area contributed by atoms with Crippen molar-refractivity contribution < 1.29 is 24.1 Å². The molecule has 1 aliphatic rings. The molecule has 0 radical (unpaired) electrons. The van der Waals surface area contributed by atoms with E-state index in [0.29, 0.717) is 25.4 Å². The second-order valence-electron chi connectivity index (χ2n) is 11.5. The van der Waals surface area contributed by atoms with Crippen molar-refractivity contribution in [3.05, 3.63) is 72.3 Å². The number of fused-ring (bicyclic) bond motifs is 1. The maximum atomic E-state index is 12.4. The smallest absolute Gasteiger partial charge is 0.410 e. The molecular weight excluding hydrogens is 536 g/mol. The SMILES string of the molecule is Cc1ccc(-c2sc3cc(O)ccc3c2Oc2ccc(OC[C@@H](C)N3CCN(C(=O)OC(C)(C)C)CC3)cc2)cc1. The Morgan fingerprint density at radius 1 is 0.951 bits per heavy atom. The molecule has 4 aromatic rings. The highest BCUT2D eigenvalue weighted by atomic mass is 32.1. The van der Waals surface area contributed by atoms with Crippen LogP contribution in [0.3, 0.4) is 0 Å². The van der Waals surface area contributed by atoms with E-state index >= 15 is 0 Å². The molecular formula is C33H38N2O5S. The molecule has 1 fully saturated rings. The molecule has 3 aromatic carbocycles. The molecule has 1 aromatic heterocycles. The fraction of sp³-hybridized carbons (Fsp3) is 0.364. The number of hydrogen-bond donors (Lipinski definition) is 1. The van der Waals surface area contributed by atoms with Crippen LogP contribution in [-0.4, -0.2) is 65.4 Å². The summed E-state index contributed by atoms with van der Waals surface area (Å²) in [5.41, 5.74) is 1.79. The lowest BCUT2D eigenvalue weighted by Gasteiger charge is -2.38. The number of piperazine rings is 1. The molecule has 41 heavy (non-hydrogen) atoms. The second-order valence-corrected chi connectivity index (χ2v) is 12.6. The number of phenols is 1. The van der Waals surface area contributed by atoms with Crippen molar-refractivity contribution >= 4 is 27.5 Å². The Morgan fingerprint density at radius 2 is 1.61 bits per heavy atom. The van der Waals surface area contributed by atoms with Gasteiger partial charge < -0.3 is 24.2 Å². The van der Waals surface area contributed by atoms with Crippen molar-refractivity contribution in [2.24, 2.45) is 0 Å². The summed E-state index contributed by atoms with van der Waals surface area (Å²) in [6.07, 6.45) is -0.247. The molecule has 2 heterocycles. The maximum absolute atomic E-state index is 12.4. The molecule has 1 aliphatic heterocycles. The Morgan fingerprint density at radius 3 is 2.27 bits per heavy atom. The first-order chi connectivity index (χ1) is 19.6. The minimum Gasteiger partial charge on any atom is -0.508 e. The standard InChI is InChI=1S/C33H38N2O5S/c1-22-6-8-24(9-7-22)31-30(28-15-10-25(36)20-29(28)41-31)39-27-13-11-26(12-14-27)38-21-23(2)34-16-18-35(19-17-34)32(37)40-33(3,4)5/h6-15,20,23,36H,16-19,21H2,1-5H3/t23-/m1/s1. The Bertz CT molecular complexity index is 1480. The normalized spacial score (nSPS) is 15.1. The molecule has 1 amide bonds. The molecule has 216 valence electrons. The van der Waals surface area contributed by atoms with Crippen LogP contribution in [0.1, 0.15) is 33.3 Å². The van der Waals surface area contributed by atoms with Crippen molar-refractivity contribution in [1.29, 1.82) is 0 Å². The van der Waals surface area contributed by atoms with Crippen LogP contribution in [0.15, 0.2) is 66.7 Å². The highest BCUT2D eigenvalue weighted by molar-refractivity contribution is 7.22. The third kappa shape index (κ3) is 7.13. The van der Waals surface area contributed by atoms with E-state index in [4.69, 9.17) is 14.2 Å². The number of hydrogen-bond acceptors (Lipinski definition) is 7. The first kappa shape index (κ1) is 28.8. The van der Waals surface area contributed by atoms with Gasteiger partial charge in [-0.25, -0.2) is 4.79 Å². The molecule has 8 heteroatoms. The number of carbonyl (C=O) groups excluding carboxylic acids is 1. The largest absolute Gasteiger partial charge is 0.508 e. The van der Waals surface area contributed by atoms with Gasteiger partial charge in [0.05, 0.1) is 4.88 Å². The van der Waals surface area contributed by atoms with Crippen molar-refractivity contribution in [2.75, 3.05) is 32.8 Å². The van der Waals surface area contributed by atoms with Gasteiger partial charge in [-0.1, -0.05) is 29.8 Å². The number of rotatable bonds is 7. The summed E-state index contributed by atoms with van der Waals surface area (Å²) in [5, 5.41) is 11.0. The first-order valence-corrected chi connectivity index (χ1v) is 14.8. The summed E-state index contributed by atoms with van der Waals surface area (Å²) in [7, 11) is 0. The molecule has 7 nitrogen and oxygen atoms in total. The summed E-state index contributed by atoms with van der Waals surface area (Å²) in [6, 6.07) is 21.6. The summed E-state index contributed by atoms with van der Waals surface area (Å²) in [4.78, 5) is 17.5. The van der Waals surface area contributed by atoms with E-state index in [0.717, 1.165) is 45.1 Å². The summed E-state index contributed by atoms with van der Waals surface area (Å²) >= 11 is 1.61. The van der Waals surface area contributed by atoms with Crippen LogP contribution in [0.2, 0.25) is 0 Å². The zero-order valence-electron chi connectivity index (χ0n) is 24.3. The monoisotopic (exact) mass is 574 g/mol. The number of amides is 1. The van der Waals surface area contributed by atoms with Crippen LogP contribution in [0.25, 0.3) is 20.5 Å². The quantitative estimate of drug-likeness (QED) is 0.244. The number of thiophene rings is 1. The Labute approximate surface area is 245 Å². The van der Waals surface area contributed by atoms with E-state index < -0.39 is 5.60 Å². The molecule has 1 atom stereocenters. The highest BCUT2D eigenvalue weighted by Crippen LogP contribution is 2.47. The van der Waals surface area contributed by atoms with Gasteiger partial charge in [0.1, 0.15) is 29.5 Å². The van der Waals surface area contributed by atoms with Crippen molar-refractivity contribution in [2.45, 2.75) is 46.3 Å². The van der Waals surface area contributed by atoms with Crippen LogP contribution in [0.4, 0.5) is 4.79 Å². The zero-order chi connectivity index (χ0) is 29.1. The van der Waals surface area contributed by atoms with E-state index in [2.05, 4.69) is 43.0 Å². The van der Waals surface area contributed by atoms with Crippen molar-refractivity contribution in [3.63, 3.8) is 0 Å². The van der Waals surface area contributed by atoms with E-state index in [9.17, 15) is 9.90 Å². The molecule has 0 saturated carbocycles. The lowest BCUT2D eigenvalue weighted by molar-refractivity contribution is 0.00882. The fourth-order valence-corrected chi connectivity index (χ4v) is 5.94. The second kappa shape index (κ2) is 12.0. The Hall–Kier alpha value is -3.75. The lowest BCUT2D eigenvalue weighted by Crippen LogP contribution is -2.53. The van der Waals surface area contributed by atoms with Crippen LogP contribution >= 0.6 is 11.3 Å². The predicted molar refractivity (Wildman–Crippen MR) is 165 cm³/mol. The number of ether oxygens (including phenoxy) is 3. The van der Waals surface area contributed by atoms with Gasteiger partial charge >= 0.3 is 6.09 Å². The number of benzene rings is 3. The van der Waals surface area contributed by atoms with Gasteiger partial charge in [0, 0.05) is 42.3 Å². The summed E-state index contributed by atoms with van der Waals surface area (Å²) in [6.45, 7) is 13.3. The van der Waals surface area contributed by atoms with Gasteiger partial charge in [0.15, 0.2) is 5.75 Å². The van der Waals surface area contributed by atoms with Gasteiger partial charge in [-0.05, 0) is 82.6 Å². The maximum Gasteiger partial charge on any atom is 0.410 e. The third-order valence-corrected chi connectivity index (χ3v) is 8.25. The average molecular weight is 575 g/mol. The Balaban J connectivity index is 1.20. The number of nitrogens with zero attached hydrogens (tertiary/aromatic N) is 2. The molecule has 1 N–H and O–H groups in total. The topological polar surface area (TPSA) is 71.5 Å². The highest BCUT2D eigenvalue weighted by Gasteiger charge is 2.27. The van der Waals surface area contributed by atoms with E-state index in [1.807, 2.05) is 51.1 Å². The number of aromatic hydroxyl groups is 1. The van der Waals surface area contributed by atoms with Crippen molar-refractivity contribution in [1.82, 2.24) is 9.80 Å². The summed E-state index contributed by atoms with van der Waals surface area (Å²) in [5.74, 6) is 2.50. The average Bonchev–Trinajstić information content (AvgIpc) is 3.29. The molecule has 1 saturated heterocycles. The molecule has 0 aliphatic carbocycles. The Kier molecular flexibility index (Phi) is 8.42. The molecule has 5 rings (SSSR count). The van der Waals surface area contributed by atoms with E-state index in [1.54, 1.807) is 28.4 Å². The molecule has 0 spiro atoms. The number of phenolic OH excluding ortho intramolecular Hbond substituents is 1. The predicted octanol–water partition coefficient (Wildman–Crippen LogP) is 7.69. The minimum atomic E-state index is -0.485. The van der Waals surface area contributed by atoms with Crippen LogP contribution < -0.4 is 9.47 Å². The van der Waals surface area contributed by atoms with Gasteiger partial charge in [-0.2, -0.15) is 0 Å². The molecule has 0 bridgehead atoms. The van der Waals surface area contributed by atoms with Crippen LogP contribution in [0.5, 0.6) is 23.0 Å². The van der Waals surface area contributed by atoms with E-state index in [1.165, 1.54) is 5.56 Å². The molecule has 0 unspecified atom stereocenters. The number of aryl methyl sites for hydroxylation is 1. The lowest BCUT2D eigenvalue weighted by atomic mass is 10.1. The van der Waals surface area contributed by atoms with Crippen LogP contribution in [0, 0.1) is 6.92 Å². The third-order valence-electron chi connectivity index (χ3n) is 7.07. The first-order valence-electron chi connectivity index (χ1n) is 14.0. The van der Waals surface area contributed by atoms with Gasteiger partial charge in [0.25, 0.3) is 0 Å². The van der Waals surface area contributed by atoms with Gasteiger partial charge in [-0.3, -0.25) is 4.90 Å². The fourth-order valence-electron chi connectivity index (χ4n) is 4.77.